The van der Waals surface area contributed by atoms with Crippen LogP contribution in [0.3, 0.4) is 0 Å². The molecule has 30 heavy (non-hydrogen) atoms. The minimum Gasteiger partial charge on any atom is -0.508 e. The SMILES string of the molecule is CCOC(=O)c1cn(CC)cc1NC(=O)CCc1onc(-c2ccc(O)cc2)c1C. The number of hydrogen-bond donors (Lipinski definition) is 2. The Morgan fingerprint density at radius 3 is 2.60 bits per heavy atom. The van der Waals surface area contributed by atoms with E-state index >= 15 is 0 Å². The zero-order valence-electron chi connectivity index (χ0n) is 17.3. The number of phenols is 1. The molecule has 0 unspecified atom stereocenters. The van der Waals surface area contributed by atoms with Crippen molar-refractivity contribution in [1.29, 1.82) is 0 Å². The van der Waals surface area contributed by atoms with Crippen LogP contribution in [-0.4, -0.2) is 33.3 Å². The minimum absolute atomic E-state index is 0.171. The van der Waals surface area contributed by atoms with Gasteiger partial charge >= 0.3 is 5.97 Å². The fraction of sp³-hybridized carbons (Fsp3) is 0.318. The molecule has 0 atom stereocenters. The summed E-state index contributed by atoms with van der Waals surface area (Å²) in [4.78, 5) is 24.6. The average molecular weight is 411 g/mol. The van der Waals surface area contributed by atoms with E-state index in [1.165, 1.54) is 0 Å². The molecule has 8 nitrogen and oxygen atoms in total. The van der Waals surface area contributed by atoms with Gasteiger partial charge in [0.15, 0.2) is 0 Å². The zero-order valence-corrected chi connectivity index (χ0v) is 17.3. The summed E-state index contributed by atoms with van der Waals surface area (Å²) in [7, 11) is 0. The molecule has 2 aromatic heterocycles. The summed E-state index contributed by atoms with van der Waals surface area (Å²) in [5.74, 6) is 0.0851. The summed E-state index contributed by atoms with van der Waals surface area (Å²) in [5, 5.41) is 16.3. The molecule has 0 radical (unpaired) electrons. The molecule has 2 heterocycles. The number of benzene rings is 1. The Morgan fingerprint density at radius 2 is 1.93 bits per heavy atom. The highest BCUT2D eigenvalue weighted by molar-refractivity contribution is 6.01. The number of phenolic OH excluding ortho intramolecular Hbond substituents is 1. The molecule has 0 aliphatic heterocycles. The van der Waals surface area contributed by atoms with Gasteiger partial charge in [-0.3, -0.25) is 4.79 Å². The highest BCUT2D eigenvalue weighted by Crippen LogP contribution is 2.27. The third kappa shape index (κ3) is 4.71. The van der Waals surface area contributed by atoms with E-state index < -0.39 is 5.97 Å². The fourth-order valence-electron chi connectivity index (χ4n) is 3.09. The third-order valence-corrected chi connectivity index (χ3v) is 4.76. The second kappa shape index (κ2) is 9.30. The maximum Gasteiger partial charge on any atom is 0.341 e. The lowest BCUT2D eigenvalue weighted by Crippen LogP contribution is -2.15. The zero-order chi connectivity index (χ0) is 21.7. The maximum atomic E-state index is 12.5. The molecule has 0 saturated heterocycles. The highest BCUT2D eigenvalue weighted by Gasteiger charge is 2.19. The third-order valence-electron chi connectivity index (χ3n) is 4.76. The molecule has 0 fully saturated rings. The van der Waals surface area contributed by atoms with Crippen LogP contribution >= 0.6 is 0 Å². The number of nitrogens with zero attached hydrogens (tertiary/aromatic N) is 2. The molecule has 158 valence electrons. The van der Waals surface area contributed by atoms with E-state index in [0.717, 1.165) is 11.1 Å². The molecular weight excluding hydrogens is 386 g/mol. The van der Waals surface area contributed by atoms with Crippen LogP contribution in [0, 0.1) is 6.92 Å². The Balaban J connectivity index is 1.66. The van der Waals surface area contributed by atoms with Gasteiger partial charge < -0.3 is 24.3 Å². The fourth-order valence-corrected chi connectivity index (χ4v) is 3.09. The number of ether oxygens (including phenoxy) is 1. The van der Waals surface area contributed by atoms with Crippen molar-refractivity contribution in [3.05, 3.63) is 53.5 Å². The number of carbonyl (C=O) groups is 2. The van der Waals surface area contributed by atoms with Crippen LogP contribution in [0.4, 0.5) is 5.69 Å². The van der Waals surface area contributed by atoms with Crippen LogP contribution in [0.5, 0.6) is 5.75 Å². The van der Waals surface area contributed by atoms with Gasteiger partial charge in [0.2, 0.25) is 5.91 Å². The summed E-state index contributed by atoms with van der Waals surface area (Å²) < 4.78 is 12.3. The molecule has 0 spiro atoms. The molecule has 0 aliphatic carbocycles. The van der Waals surface area contributed by atoms with Crippen molar-refractivity contribution in [2.24, 2.45) is 0 Å². The molecule has 3 rings (SSSR count). The first kappa shape index (κ1) is 21.2. The predicted octanol–water partition coefficient (Wildman–Crippen LogP) is 3.93. The van der Waals surface area contributed by atoms with Gasteiger partial charge in [-0.25, -0.2) is 4.79 Å². The van der Waals surface area contributed by atoms with Crippen molar-refractivity contribution in [3.8, 4) is 17.0 Å². The van der Waals surface area contributed by atoms with E-state index in [2.05, 4.69) is 10.5 Å². The van der Waals surface area contributed by atoms with Crippen LogP contribution in [-0.2, 0) is 22.5 Å². The minimum atomic E-state index is -0.468. The Labute approximate surface area is 174 Å². The summed E-state index contributed by atoms with van der Waals surface area (Å²) in [6.45, 7) is 6.49. The van der Waals surface area contributed by atoms with Crippen molar-refractivity contribution < 1.29 is 24.0 Å². The van der Waals surface area contributed by atoms with Gasteiger partial charge in [0, 0.05) is 42.9 Å². The Morgan fingerprint density at radius 1 is 1.20 bits per heavy atom. The summed E-state index contributed by atoms with van der Waals surface area (Å²) in [6.07, 6.45) is 3.92. The molecule has 8 heteroatoms. The van der Waals surface area contributed by atoms with E-state index in [4.69, 9.17) is 9.26 Å². The van der Waals surface area contributed by atoms with Crippen molar-refractivity contribution in [2.45, 2.75) is 40.2 Å². The first-order chi connectivity index (χ1) is 14.4. The average Bonchev–Trinajstić information content (AvgIpc) is 3.30. The molecule has 0 aliphatic rings. The van der Waals surface area contributed by atoms with Crippen molar-refractivity contribution in [1.82, 2.24) is 9.72 Å². The topological polar surface area (TPSA) is 107 Å². The number of carbonyl (C=O) groups excluding carboxylic acids is 2. The van der Waals surface area contributed by atoms with Gasteiger partial charge in [-0.15, -0.1) is 0 Å². The number of aromatic hydroxyl groups is 1. The number of nitrogens with one attached hydrogen (secondary N) is 1. The van der Waals surface area contributed by atoms with Crippen molar-refractivity contribution in [3.63, 3.8) is 0 Å². The second-order valence-electron chi connectivity index (χ2n) is 6.81. The van der Waals surface area contributed by atoms with Crippen molar-refractivity contribution in [2.75, 3.05) is 11.9 Å². The van der Waals surface area contributed by atoms with Gasteiger partial charge in [0.05, 0.1) is 12.3 Å². The molecule has 0 saturated carbocycles. The first-order valence-electron chi connectivity index (χ1n) is 9.84. The van der Waals surface area contributed by atoms with Crippen LogP contribution < -0.4 is 5.32 Å². The van der Waals surface area contributed by atoms with E-state index in [9.17, 15) is 14.7 Å². The first-order valence-corrected chi connectivity index (χ1v) is 9.84. The Bertz CT molecular complexity index is 1030. The lowest BCUT2D eigenvalue weighted by molar-refractivity contribution is -0.116. The van der Waals surface area contributed by atoms with Gasteiger partial charge in [-0.05, 0) is 45.0 Å². The molecule has 0 bridgehead atoms. The largest absolute Gasteiger partial charge is 0.508 e. The summed E-state index contributed by atoms with van der Waals surface area (Å²) in [5.41, 5.74) is 3.11. The second-order valence-corrected chi connectivity index (χ2v) is 6.81. The number of aromatic nitrogens is 2. The van der Waals surface area contributed by atoms with Crippen LogP contribution in [0.1, 0.15) is 41.9 Å². The molecule has 1 amide bonds. The number of amides is 1. The number of rotatable bonds is 8. The summed E-state index contributed by atoms with van der Waals surface area (Å²) in [6, 6.07) is 6.68. The number of anilines is 1. The van der Waals surface area contributed by atoms with Crippen LogP contribution in [0.15, 0.2) is 41.2 Å². The van der Waals surface area contributed by atoms with Crippen LogP contribution in [0.2, 0.25) is 0 Å². The van der Waals surface area contributed by atoms with Crippen molar-refractivity contribution >= 4 is 17.6 Å². The van der Waals surface area contributed by atoms with E-state index in [1.807, 2.05) is 18.4 Å². The Kier molecular flexibility index (Phi) is 6.56. The van der Waals surface area contributed by atoms with Gasteiger partial charge in [0.25, 0.3) is 0 Å². The Hall–Kier alpha value is -3.55. The normalized spacial score (nSPS) is 10.8. The molecule has 2 N–H and O–H groups in total. The van der Waals surface area contributed by atoms with Gasteiger partial charge in [-0.1, -0.05) is 5.16 Å². The maximum absolute atomic E-state index is 12.5. The van der Waals surface area contributed by atoms with E-state index in [0.29, 0.717) is 35.7 Å². The number of hydrogen-bond acceptors (Lipinski definition) is 6. The van der Waals surface area contributed by atoms with Gasteiger partial charge in [-0.2, -0.15) is 0 Å². The number of aryl methyl sites for hydroxylation is 2. The highest BCUT2D eigenvalue weighted by atomic mass is 16.5. The monoisotopic (exact) mass is 411 g/mol. The van der Waals surface area contributed by atoms with Gasteiger partial charge in [0.1, 0.15) is 22.8 Å². The van der Waals surface area contributed by atoms with E-state index in [1.54, 1.807) is 43.6 Å². The van der Waals surface area contributed by atoms with Crippen LogP contribution in [0.25, 0.3) is 11.3 Å². The molecule has 3 aromatic rings. The lowest BCUT2D eigenvalue weighted by Gasteiger charge is -2.06. The summed E-state index contributed by atoms with van der Waals surface area (Å²) >= 11 is 0. The standard InChI is InChI=1S/C22H25N3O5/c1-4-25-12-17(22(28)29-5-2)18(13-25)23-20(27)11-10-19-14(3)21(24-30-19)15-6-8-16(26)9-7-15/h6-9,12-13,26H,4-5,10-11H2,1-3H3,(H,23,27). The molecule has 1 aromatic carbocycles. The smallest absolute Gasteiger partial charge is 0.341 e. The predicted molar refractivity (Wildman–Crippen MR) is 111 cm³/mol. The quantitative estimate of drug-likeness (QED) is 0.544. The lowest BCUT2D eigenvalue weighted by atomic mass is 10.1. The molecular formula is C22H25N3O5. The number of esters is 1. The van der Waals surface area contributed by atoms with E-state index in [-0.39, 0.29) is 24.7 Å².